The lowest BCUT2D eigenvalue weighted by Gasteiger charge is -2.18. The Balaban J connectivity index is 1.93. The minimum Gasteiger partial charge on any atom is -0.273 e. The van der Waals surface area contributed by atoms with Crippen molar-refractivity contribution in [3.05, 3.63) is 41.6 Å². The van der Waals surface area contributed by atoms with Crippen LogP contribution in [0.3, 0.4) is 0 Å². The molecule has 1 saturated carbocycles. The van der Waals surface area contributed by atoms with Gasteiger partial charge in [-0.1, -0.05) is 6.07 Å². The fourth-order valence-corrected chi connectivity index (χ4v) is 3.16. The smallest absolute Gasteiger partial charge is 0.273 e. The van der Waals surface area contributed by atoms with Crippen LogP contribution in [0.4, 0.5) is 24.7 Å². The molecule has 0 N–H and O–H groups in total. The van der Waals surface area contributed by atoms with Crippen LogP contribution in [-0.4, -0.2) is 15.7 Å². The molecule has 1 fully saturated rings. The van der Waals surface area contributed by atoms with Gasteiger partial charge in [0.15, 0.2) is 0 Å². The highest BCUT2D eigenvalue weighted by Gasteiger charge is 2.60. The minimum atomic E-state index is -4.44. The van der Waals surface area contributed by atoms with E-state index in [9.17, 15) is 18.0 Å². The summed E-state index contributed by atoms with van der Waals surface area (Å²) in [5, 5.41) is 4.01. The number of benzene rings is 1. The van der Waals surface area contributed by atoms with Crippen molar-refractivity contribution < 1.29 is 18.0 Å². The van der Waals surface area contributed by atoms with Crippen LogP contribution in [0.15, 0.2) is 30.5 Å². The number of fused-ring (bicyclic) bond motifs is 2. The molecule has 0 radical (unpaired) electrons. The van der Waals surface area contributed by atoms with Crippen molar-refractivity contribution in [3.63, 3.8) is 0 Å². The summed E-state index contributed by atoms with van der Waals surface area (Å²) in [6.07, 6.45) is -1.56. The third-order valence-electron chi connectivity index (χ3n) is 4.47. The number of anilines is 2. The number of hydrogen-bond donors (Lipinski definition) is 0. The van der Waals surface area contributed by atoms with Gasteiger partial charge >= 0.3 is 6.18 Å². The normalized spacial score (nSPS) is 18.9. The number of hydrogen-bond acceptors (Lipinski definition) is 2. The van der Waals surface area contributed by atoms with E-state index in [0.717, 1.165) is 12.1 Å². The summed E-state index contributed by atoms with van der Waals surface area (Å²) in [7, 11) is 1.66. The average molecular weight is 307 g/mol. The molecule has 4 rings (SSSR count). The van der Waals surface area contributed by atoms with Gasteiger partial charge < -0.3 is 0 Å². The van der Waals surface area contributed by atoms with Gasteiger partial charge in [-0.2, -0.15) is 18.3 Å². The molecule has 1 amide bonds. The standard InChI is InChI=1S/C15H12F3N3O/c1-20-12(4-7-19-20)21-11-8-9(15(16,17)18)2-3-10(11)14(5-6-14)13(21)22/h2-4,7-8H,5-6H2,1H3. The highest BCUT2D eigenvalue weighted by atomic mass is 19.4. The fourth-order valence-electron chi connectivity index (χ4n) is 3.16. The Bertz CT molecular complexity index is 790. The van der Waals surface area contributed by atoms with E-state index in [-0.39, 0.29) is 5.91 Å². The minimum absolute atomic E-state index is 0.162. The van der Waals surface area contributed by atoms with Crippen LogP contribution in [0, 0.1) is 0 Å². The number of amides is 1. The molecule has 1 aliphatic heterocycles. The molecule has 2 aliphatic rings. The summed E-state index contributed by atoms with van der Waals surface area (Å²) in [4.78, 5) is 14.1. The van der Waals surface area contributed by atoms with Gasteiger partial charge in [-0.25, -0.2) is 0 Å². The van der Waals surface area contributed by atoms with Crippen molar-refractivity contribution in [1.82, 2.24) is 9.78 Å². The summed E-state index contributed by atoms with van der Waals surface area (Å²) in [5.41, 5.74) is -0.374. The second-order valence-electron chi connectivity index (χ2n) is 5.77. The molecule has 0 unspecified atom stereocenters. The fraction of sp³-hybridized carbons (Fsp3) is 0.333. The number of halogens is 3. The van der Waals surface area contributed by atoms with Crippen LogP contribution < -0.4 is 4.90 Å². The number of carbonyl (C=O) groups is 1. The predicted octanol–water partition coefficient (Wildman–Crippen LogP) is 3.15. The lowest BCUT2D eigenvalue weighted by Crippen LogP contribution is -2.29. The summed E-state index contributed by atoms with van der Waals surface area (Å²) < 4.78 is 40.5. The lowest BCUT2D eigenvalue weighted by atomic mass is 9.97. The Kier molecular flexibility index (Phi) is 2.37. The molecule has 1 aromatic carbocycles. The first-order valence-electron chi connectivity index (χ1n) is 6.89. The van der Waals surface area contributed by atoms with Gasteiger partial charge in [-0.15, -0.1) is 0 Å². The molecule has 0 atom stereocenters. The van der Waals surface area contributed by atoms with Gasteiger partial charge in [0.05, 0.1) is 22.9 Å². The zero-order valence-electron chi connectivity index (χ0n) is 11.7. The molecule has 114 valence electrons. The third kappa shape index (κ3) is 1.59. The molecule has 2 heterocycles. The maximum Gasteiger partial charge on any atom is 0.416 e. The van der Waals surface area contributed by atoms with Gasteiger partial charge in [-0.3, -0.25) is 14.4 Å². The molecule has 0 bridgehead atoms. The summed E-state index contributed by atoms with van der Waals surface area (Å²) in [6.45, 7) is 0. The Morgan fingerprint density at radius 3 is 2.50 bits per heavy atom. The zero-order chi connectivity index (χ0) is 15.7. The van der Waals surface area contributed by atoms with E-state index in [1.54, 1.807) is 13.1 Å². The van der Waals surface area contributed by atoms with Crippen LogP contribution in [0.25, 0.3) is 0 Å². The maximum atomic E-state index is 13.0. The van der Waals surface area contributed by atoms with E-state index in [4.69, 9.17) is 0 Å². The summed E-state index contributed by atoms with van der Waals surface area (Å²) >= 11 is 0. The zero-order valence-corrected chi connectivity index (χ0v) is 11.7. The monoisotopic (exact) mass is 307 g/mol. The topological polar surface area (TPSA) is 38.1 Å². The number of carbonyl (C=O) groups excluding carboxylic acids is 1. The molecular weight excluding hydrogens is 295 g/mol. The Labute approximate surface area is 124 Å². The van der Waals surface area contributed by atoms with Gasteiger partial charge in [0.25, 0.3) is 0 Å². The van der Waals surface area contributed by atoms with Gasteiger partial charge in [0.1, 0.15) is 5.82 Å². The molecule has 2 aromatic rings. The summed E-state index contributed by atoms with van der Waals surface area (Å²) in [6, 6.07) is 5.19. The largest absolute Gasteiger partial charge is 0.416 e. The average Bonchev–Trinajstić information content (AvgIpc) is 3.10. The second-order valence-corrected chi connectivity index (χ2v) is 5.77. The van der Waals surface area contributed by atoms with Crippen molar-refractivity contribution in [2.45, 2.75) is 24.4 Å². The van der Waals surface area contributed by atoms with E-state index in [2.05, 4.69) is 5.10 Å². The summed E-state index contributed by atoms with van der Waals surface area (Å²) in [5.74, 6) is 0.319. The number of aryl methyl sites for hydroxylation is 1. The first kappa shape index (κ1) is 13.4. The van der Waals surface area contributed by atoms with E-state index < -0.39 is 17.2 Å². The lowest BCUT2D eigenvalue weighted by molar-refractivity contribution is -0.137. The predicted molar refractivity (Wildman–Crippen MR) is 72.7 cm³/mol. The van der Waals surface area contributed by atoms with E-state index in [1.165, 1.54) is 21.8 Å². The van der Waals surface area contributed by atoms with Crippen LogP contribution in [0.2, 0.25) is 0 Å². The van der Waals surface area contributed by atoms with E-state index in [1.807, 2.05) is 0 Å². The first-order valence-corrected chi connectivity index (χ1v) is 6.89. The van der Waals surface area contributed by atoms with Crippen molar-refractivity contribution in [1.29, 1.82) is 0 Å². The Morgan fingerprint density at radius 2 is 1.95 bits per heavy atom. The van der Waals surface area contributed by atoms with Crippen LogP contribution in [-0.2, 0) is 23.4 Å². The number of rotatable bonds is 1. The third-order valence-corrected chi connectivity index (χ3v) is 4.47. The maximum absolute atomic E-state index is 13.0. The van der Waals surface area contributed by atoms with E-state index in [0.29, 0.717) is 29.9 Å². The molecule has 1 aliphatic carbocycles. The van der Waals surface area contributed by atoms with E-state index >= 15 is 0 Å². The number of alkyl halides is 3. The van der Waals surface area contributed by atoms with Crippen LogP contribution in [0.1, 0.15) is 24.0 Å². The number of aromatic nitrogens is 2. The SMILES string of the molecule is Cn1nccc1N1C(=O)C2(CC2)c2ccc(C(F)(F)F)cc21. The van der Waals surface area contributed by atoms with Crippen LogP contribution in [0.5, 0.6) is 0 Å². The van der Waals surface area contributed by atoms with Gasteiger partial charge in [-0.05, 0) is 30.5 Å². The Morgan fingerprint density at radius 1 is 1.23 bits per heavy atom. The highest BCUT2D eigenvalue weighted by Crippen LogP contribution is 2.59. The Hall–Kier alpha value is -2.31. The number of nitrogens with zero attached hydrogens (tertiary/aromatic N) is 3. The molecule has 22 heavy (non-hydrogen) atoms. The van der Waals surface area contributed by atoms with Crippen molar-refractivity contribution >= 4 is 17.4 Å². The van der Waals surface area contributed by atoms with Crippen molar-refractivity contribution in [2.75, 3.05) is 4.90 Å². The molecule has 1 spiro atoms. The molecular formula is C15H12F3N3O. The van der Waals surface area contributed by atoms with Crippen molar-refractivity contribution in [3.8, 4) is 0 Å². The molecule has 1 aromatic heterocycles. The molecule has 7 heteroatoms. The molecule has 0 saturated heterocycles. The van der Waals surface area contributed by atoms with Crippen molar-refractivity contribution in [2.24, 2.45) is 7.05 Å². The highest BCUT2D eigenvalue weighted by molar-refractivity contribution is 6.14. The van der Waals surface area contributed by atoms with Gasteiger partial charge in [0, 0.05) is 13.1 Å². The quantitative estimate of drug-likeness (QED) is 0.812. The molecule has 4 nitrogen and oxygen atoms in total. The first-order chi connectivity index (χ1) is 10.3. The van der Waals surface area contributed by atoms with Gasteiger partial charge in [0.2, 0.25) is 5.91 Å². The van der Waals surface area contributed by atoms with Crippen LogP contribution >= 0.6 is 0 Å². The second kappa shape index (κ2) is 3.91.